The SMILES string of the molecule is CCCCOc1ccc(Br)cc1C(=O)NC(=S)Nc1cccc(C(C)=O)c1. The molecule has 0 spiro atoms. The number of ketones is 1. The van der Waals surface area contributed by atoms with Crippen LogP contribution in [0.2, 0.25) is 0 Å². The first-order valence-corrected chi connectivity index (χ1v) is 9.76. The van der Waals surface area contributed by atoms with Gasteiger partial charge in [-0.15, -0.1) is 0 Å². The molecule has 2 N–H and O–H groups in total. The summed E-state index contributed by atoms with van der Waals surface area (Å²) >= 11 is 8.60. The van der Waals surface area contributed by atoms with Crippen LogP contribution in [0.3, 0.4) is 0 Å². The number of Topliss-reactive ketones (excluding diaryl/α,β-unsaturated/α-hetero) is 1. The van der Waals surface area contributed by atoms with Crippen LogP contribution >= 0.6 is 28.1 Å². The van der Waals surface area contributed by atoms with Gasteiger partial charge in [0.25, 0.3) is 5.91 Å². The third kappa shape index (κ3) is 6.45. The van der Waals surface area contributed by atoms with Gasteiger partial charge in [0.05, 0.1) is 12.2 Å². The summed E-state index contributed by atoms with van der Waals surface area (Å²) in [6.07, 6.45) is 1.91. The fourth-order valence-corrected chi connectivity index (χ4v) is 2.85. The zero-order valence-electron chi connectivity index (χ0n) is 15.2. The molecule has 7 heteroatoms. The van der Waals surface area contributed by atoms with E-state index in [9.17, 15) is 9.59 Å². The van der Waals surface area contributed by atoms with Gasteiger partial charge in [0, 0.05) is 15.7 Å². The zero-order valence-corrected chi connectivity index (χ0v) is 17.6. The predicted octanol–water partition coefficient (Wildman–Crippen LogP) is 4.96. The van der Waals surface area contributed by atoms with E-state index in [1.165, 1.54) is 6.92 Å². The quantitative estimate of drug-likeness (QED) is 0.356. The van der Waals surface area contributed by atoms with E-state index in [1.807, 2.05) is 6.07 Å². The smallest absolute Gasteiger partial charge is 0.261 e. The monoisotopic (exact) mass is 448 g/mol. The van der Waals surface area contributed by atoms with E-state index in [4.69, 9.17) is 17.0 Å². The van der Waals surface area contributed by atoms with Crippen molar-refractivity contribution < 1.29 is 14.3 Å². The van der Waals surface area contributed by atoms with E-state index in [0.29, 0.717) is 29.2 Å². The van der Waals surface area contributed by atoms with Gasteiger partial charge in [0.15, 0.2) is 10.9 Å². The first-order chi connectivity index (χ1) is 12.9. The summed E-state index contributed by atoms with van der Waals surface area (Å²) in [5.41, 5.74) is 1.58. The van der Waals surface area contributed by atoms with Crippen molar-refractivity contribution in [2.24, 2.45) is 0 Å². The largest absolute Gasteiger partial charge is 0.493 e. The minimum Gasteiger partial charge on any atom is -0.493 e. The van der Waals surface area contributed by atoms with Gasteiger partial charge in [0.1, 0.15) is 5.75 Å². The molecule has 0 aliphatic rings. The maximum absolute atomic E-state index is 12.6. The summed E-state index contributed by atoms with van der Waals surface area (Å²) in [4.78, 5) is 24.1. The highest BCUT2D eigenvalue weighted by atomic mass is 79.9. The summed E-state index contributed by atoms with van der Waals surface area (Å²) < 4.78 is 6.48. The molecule has 2 aromatic carbocycles. The average molecular weight is 449 g/mol. The number of carbonyl (C=O) groups excluding carboxylic acids is 2. The summed E-state index contributed by atoms with van der Waals surface area (Å²) in [7, 11) is 0. The Morgan fingerprint density at radius 3 is 2.67 bits per heavy atom. The Balaban J connectivity index is 2.07. The fourth-order valence-electron chi connectivity index (χ4n) is 2.28. The van der Waals surface area contributed by atoms with Crippen molar-refractivity contribution in [2.75, 3.05) is 11.9 Å². The number of benzene rings is 2. The molecule has 142 valence electrons. The third-order valence-electron chi connectivity index (χ3n) is 3.70. The molecule has 0 radical (unpaired) electrons. The minimum atomic E-state index is -0.372. The molecule has 0 atom stereocenters. The van der Waals surface area contributed by atoms with Gasteiger partial charge in [-0.25, -0.2) is 0 Å². The molecule has 0 fully saturated rings. The van der Waals surface area contributed by atoms with E-state index >= 15 is 0 Å². The van der Waals surface area contributed by atoms with Crippen molar-refractivity contribution in [3.05, 3.63) is 58.1 Å². The van der Waals surface area contributed by atoms with Crippen LogP contribution in [-0.2, 0) is 0 Å². The van der Waals surface area contributed by atoms with Crippen molar-refractivity contribution in [1.82, 2.24) is 5.32 Å². The van der Waals surface area contributed by atoms with Crippen LogP contribution in [0.1, 0.15) is 47.4 Å². The maximum Gasteiger partial charge on any atom is 0.261 e. The highest BCUT2D eigenvalue weighted by molar-refractivity contribution is 9.10. The number of hydrogen-bond donors (Lipinski definition) is 2. The number of unbranched alkanes of at least 4 members (excludes halogenated alkanes) is 1. The number of nitrogens with one attached hydrogen (secondary N) is 2. The second-order valence-corrected chi connectivity index (χ2v) is 7.21. The van der Waals surface area contributed by atoms with E-state index in [0.717, 1.165) is 17.3 Å². The van der Waals surface area contributed by atoms with Gasteiger partial charge in [-0.2, -0.15) is 0 Å². The molecule has 0 heterocycles. The summed E-state index contributed by atoms with van der Waals surface area (Å²) in [6.45, 7) is 4.11. The summed E-state index contributed by atoms with van der Waals surface area (Å²) in [6, 6.07) is 12.2. The van der Waals surface area contributed by atoms with E-state index in [-0.39, 0.29) is 16.8 Å². The van der Waals surface area contributed by atoms with Crippen LogP contribution in [0.15, 0.2) is 46.9 Å². The molecule has 0 aromatic heterocycles. The van der Waals surface area contributed by atoms with Gasteiger partial charge in [0.2, 0.25) is 0 Å². The molecule has 0 aliphatic heterocycles. The van der Waals surface area contributed by atoms with Gasteiger partial charge in [-0.3, -0.25) is 14.9 Å². The number of hydrogen-bond acceptors (Lipinski definition) is 4. The lowest BCUT2D eigenvalue weighted by atomic mass is 10.1. The molecule has 0 bridgehead atoms. The summed E-state index contributed by atoms with van der Waals surface area (Å²) in [5.74, 6) is 0.0881. The number of anilines is 1. The first-order valence-electron chi connectivity index (χ1n) is 8.56. The normalized spacial score (nSPS) is 10.2. The molecule has 27 heavy (non-hydrogen) atoms. The lowest BCUT2D eigenvalue weighted by Crippen LogP contribution is -2.34. The van der Waals surface area contributed by atoms with Gasteiger partial charge in [-0.05, 0) is 55.9 Å². The Bertz CT molecular complexity index is 855. The molecule has 0 saturated heterocycles. The topological polar surface area (TPSA) is 67.4 Å². The van der Waals surface area contributed by atoms with Gasteiger partial charge < -0.3 is 10.1 Å². The standard InChI is InChI=1S/C20H21BrN2O3S/c1-3-4-10-26-18-9-8-15(21)12-17(18)19(25)23-20(27)22-16-7-5-6-14(11-16)13(2)24/h5-9,11-12H,3-4,10H2,1-2H3,(H2,22,23,25,27). The molecule has 2 aromatic rings. The van der Waals surface area contributed by atoms with E-state index in [1.54, 1.807) is 36.4 Å². The van der Waals surface area contributed by atoms with Crippen LogP contribution in [0.25, 0.3) is 0 Å². The number of ether oxygens (including phenoxy) is 1. The van der Waals surface area contributed by atoms with Crippen molar-refractivity contribution in [3.8, 4) is 5.75 Å². The highest BCUT2D eigenvalue weighted by Gasteiger charge is 2.15. The van der Waals surface area contributed by atoms with Crippen LogP contribution < -0.4 is 15.4 Å². The van der Waals surface area contributed by atoms with Crippen LogP contribution in [0.4, 0.5) is 5.69 Å². The second-order valence-electron chi connectivity index (χ2n) is 5.89. The van der Waals surface area contributed by atoms with Gasteiger partial charge in [-0.1, -0.05) is 41.4 Å². The number of carbonyl (C=O) groups is 2. The first kappa shape index (κ1) is 21.1. The number of thiocarbonyl (C=S) groups is 1. The van der Waals surface area contributed by atoms with Gasteiger partial charge >= 0.3 is 0 Å². The molecule has 5 nitrogen and oxygen atoms in total. The number of rotatable bonds is 7. The lowest BCUT2D eigenvalue weighted by molar-refractivity contribution is 0.0971. The molecular formula is C20H21BrN2O3S. The number of halogens is 1. The third-order valence-corrected chi connectivity index (χ3v) is 4.39. The Labute approximate surface area is 172 Å². The molecule has 0 aliphatic carbocycles. The van der Waals surface area contributed by atoms with E-state index < -0.39 is 0 Å². The van der Waals surface area contributed by atoms with Crippen molar-refractivity contribution >= 4 is 50.6 Å². The minimum absolute atomic E-state index is 0.0448. The Kier molecular flexibility index (Phi) is 7.94. The van der Waals surface area contributed by atoms with Crippen LogP contribution in [0.5, 0.6) is 5.75 Å². The van der Waals surface area contributed by atoms with Crippen molar-refractivity contribution in [2.45, 2.75) is 26.7 Å². The highest BCUT2D eigenvalue weighted by Crippen LogP contribution is 2.23. The lowest BCUT2D eigenvalue weighted by Gasteiger charge is -2.13. The molecule has 2 rings (SSSR count). The van der Waals surface area contributed by atoms with Crippen molar-refractivity contribution in [3.63, 3.8) is 0 Å². The maximum atomic E-state index is 12.6. The summed E-state index contributed by atoms with van der Waals surface area (Å²) in [5, 5.41) is 5.71. The molecule has 0 saturated carbocycles. The van der Waals surface area contributed by atoms with Crippen molar-refractivity contribution in [1.29, 1.82) is 0 Å². The van der Waals surface area contributed by atoms with Crippen LogP contribution in [0, 0.1) is 0 Å². The average Bonchev–Trinajstić information content (AvgIpc) is 2.63. The number of amides is 1. The molecule has 0 unspecified atom stereocenters. The van der Waals surface area contributed by atoms with Crippen LogP contribution in [-0.4, -0.2) is 23.4 Å². The predicted molar refractivity (Wildman–Crippen MR) is 115 cm³/mol. The fraction of sp³-hybridized carbons (Fsp3) is 0.250. The molecular weight excluding hydrogens is 428 g/mol. The Morgan fingerprint density at radius 1 is 1.19 bits per heavy atom. The Morgan fingerprint density at radius 2 is 1.96 bits per heavy atom. The second kappa shape index (κ2) is 10.2. The zero-order chi connectivity index (χ0) is 19.8. The molecule has 1 amide bonds. The Hall–Kier alpha value is -2.25. The van der Waals surface area contributed by atoms with E-state index in [2.05, 4.69) is 33.5 Å².